The maximum Gasteiger partial charge on any atom is 0.227 e. The van der Waals surface area contributed by atoms with Crippen LogP contribution in [0.25, 0.3) is 5.82 Å². The van der Waals surface area contributed by atoms with Gasteiger partial charge in [0, 0.05) is 43.0 Å². The van der Waals surface area contributed by atoms with E-state index in [-0.39, 0.29) is 11.8 Å². The average Bonchev–Trinajstić information content (AvgIpc) is 3.30. The summed E-state index contributed by atoms with van der Waals surface area (Å²) in [5, 5.41) is 0. The van der Waals surface area contributed by atoms with E-state index in [1.165, 1.54) is 0 Å². The smallest absolute Gasteiger partial charge is 0.227 e. The van der Waals surface area contributed by atoms with Crippen LogP contribution in [0.4, 0.5) is 0 Å². The van der Waals surface area contributed by atoms with Gasteiger partial charge in [-0.2, -0.15) is 0 Å². The highest BCUT2D eigenvalue weighted by Gasteiger charge is 2.26. The van der Waals surface area contributed by atoms with E-state index in [0.717, 1.165) is 48.0 Å². The molecule has 162 valence electrons. The number of ether oxygens (including phenoxy) is 1. The normalized spacial score (nSPS) is 16.5. The van der Waals surface area contributed by atoms with E-state index >= 15 is 0 Å². The first-order chi connectivity index (χ1) is 15.0. The van der Waals surface area contributed by atoms with Crippen molar-refractivity contribution in [1.82, 2.24) is 19.4 Å². The van der Waals surface area contributed by atoms with Gasteiger partial charge >= 0.3 is 0 Å². The van der Waals surface area contributed by atoms with Crippen LogP contribution in [0, 0.1) is 0 Å². The molecule has 4 rings (SSSR count). The van der Waals surface area contributed by atoms with E-state index in [2.05, 4.69) is 35.5 Å². The maximum atomic E-state index is 12.9. The third kappa shape index (κ3) is 4.79. The number of carbonyl (C=O) groups excluding carboxylic acids is 1. The molecule has 0 saturated carbocycles. The third-order valence-electron chi connectivity index (χ3n) is 5.90. The van der Waals surface area contributed by atoms with Crippen LogP contribution in [0.3, 0.4) is 0 Å². The van der Waals surface area contributed by atoms with Crippen molar-refractivity contribution >= 4 is 5.91 Å². The number of benzene rings is 1. The van der Waals surface area contributed by atoms with Crippen LogP contribution in [0.2, 0.25) is 0 Å². The molecule has 6 nitrogen and oxygen atoms in total. The average molecular weight is 419 g/mol. The van der Waals surface area contributed by atoms with Gasteiger partial charge in [-0.05, 0) is 42.7 Å². The molecule has 1 aliphatic rings. The summed E-state index contributed by atoms with van der Waals surface area (Å²) >= 11 is 0. The molecule has 31 heavy (non-hydrogen) atoms. The second-order valence-corrected chi connectivity index (χ2v) is 8.43. The highest BCUT2D eigenvalue weighted by Crippen LogP contribution is 2.27. The number of carbonyl (C=O) groups is 1. The van der Waals surface area contributed by atoms with E-state index in [1.807, 2.05) is 47.6 Å². The molecule has 3 aromatic rings. The molecular formula is C25H30N4O2. The van der Waals surface area contributed by atoms with Crippen LogP contribution >= 0.6 is 0 Å². The molecule has 6 heteroatoms. The number of hydrogen-bond donors (Lipinski definition) is 0. The molecule has 1 saturated heterocycles. The number of amides is 1. The van der Waals surface area contributed by atoms with Crippen LogP contribution in [-0.2, 0) is 11.2 Å². The Kier molecular flexibility index (Phi) is 6.35. The SMILES string of the molecule is COc1ccc(CC(=O)N2CCC[C@@H](c3cccc(-n4ccnc4C(C)C)n3)C2)cc1. The zero-order chi connectivity index (χ0) is 21.8. The van der Waals surface area contributed by atoms with Crippen LogP contribution in [-0.4, -0.2) is 45.5 Å². The quantitative estimate of drug-likeness (QED) is 0.597. The Morgan fingerprint density at radius 3 is 2.74 bits per heavy atom. The lowest BCUT2D eigenvalue weighted by molar-refractivity contribution is -0.131. The largest absolute Gasteiger partial charge is 0.497 e. The van der Waals surface area contributed by atoms with Gasteiger partial charge in [0.2, 0.25) is 5.91 Å². The molecule has 1 fully saturated rings. The van der Waals surface area contributed by atoms with Crippen molar-refractivity contribution in [3.05, 3.63) is 71.9 Å². The number of likely N-dealkylation sites (tertiary alicyclic amines) is 1. The minimum absolute atomic E-state index is 0.169. The van der Waals surface area contributed by atoms with E-state index in [4.69, 9.17) is 9.72 Å². The summed E-state index contributed by atoms with van der Waals surface area (Å²) in [4.78, 5) is 24.4. The first-order valence-electron chi connectivity index (χ1n) is 11.0. The van der Waals surface area contributed by atoms with Gasteiger partial charge < -0.3 is 9.64 Å². The predicted octanol–water partition coefficient (Wildman–Crippen LogP) is 4.35. The Hall–Kier alpha value is -3.15. The van der Waals surface area contributed by atoms with Gasteiger partial charge in [-0.3, -0.25) is 9.36 Å². The standard InChI is InChI=1S/C25H30N4O2/c1-18(2)25-26-13-15-29(25)23-8-4-7-22(27-23)20-6-5-14-28(17-20)24(30)16-19-9-11-21(31-3)12-10-19/h4,7-13,15,18,20H,5-6,14,16-17H2,1-3H3/t20-/m1/s1. The third-order valence-corrected chi connectivity index (χ3v) is 5.90. The molecule has 0 unspecified atom stereocenters. The van der Waals surface area contributed by atoms with Crippen molar-refractivity contribution in [2.24, 2.45) is 0 Å². The number of hydrogen-bond acceptors (Lipinski definition) is 4. The molecule has 0 aliphatic carbocycles. The molecule has 0 radical (unpaired) electrons. The first-order valence-corrected chi connectivity index (χ1v) is 11.0. The molecule has 1 aromatic carbocycles. The van der Waals surface area contributed by atoms with Crippen molar-refractivity contribution < 1.29 is 9.53 Å². The van der Waals surface area contributed by atoms with Gasteiger partial charge in [0.15, 0.2) is 0 Å². The van der Waals surface area contributed by atoms with Crippen molar-refractivity contribution in [3.8, 4) is 11.6 Å². The summed E-state index contributed by atoms with van der Waals surface area (Å²) in [5.74, 6) is 3.44. The number of aromatic nitrogens is 3. The summed E-state index contributed by atoms with van der Waals surface area (Å²) in [6.45, 7) is 5.79. The minimum Gasteiger partial charge on any atom is -0.497 e. The van der Waals surface area contributed by atoms with Crippen LogP contribution in [0.5, 0.6) is 5.75 Å². The predicted molar refractivity (Wildman–Crippen MR) is 121 cm³/mol. The lowest BCUT2D eigenvalue weighted by Gasteiger charge is -2.33. The van der Waals surface area contributed by atoms with Gasteiger partial charge in [-0.25, -0.2) is 9.97 Å². The molecule has 2 aromatic heterocycles. The molecular weight excluding hydrogens is 388 g/mol. The Bertz CT molecular complexity index is 1030. The van der Waals surface area contributed by atoms with Gasteiger partial charge in [0.1, 0.15) is 17.4 Å². The molecule has 0 bridgehead atoms. The number of imidazole rings is 1. The Labute approximate surface area is 183 Å². The maximum absolute atomic E-state index is 12.9. The molecule has 3 heterocycles. The molecule has 0 N–H and O–H groups in total. The Morgan fingerprint density at radius 1 is 1.19 bits per heavy atom. The summed E-state index contributed by atoms with van der Waals surface area (Å²) in [6, 6.07) is 13.9. The second kappa shape index (κ2) is 9.33. The van der Waals surface area contributed by atoms with Crippen LogP contribution in [0.1, 0.15) is 55.6 Å². The lowest BCUT2D eigenvalue weighted by atomic mass is 9.93. The van der Waals surface area contributed by atoms with Crippen molar-refractivity contribution in [1.29, 1.82) is 0 Å². The van der Waals surface area contributed by atoms with E-state index in [1.54, 1.807) is 7.11 Å². The van der Waals surface area contributed by atoms with Gasteiger partial charge in [0.05, 0.1) is 13.5 Å². The van der Waals surface area contributed by atoms with E-state index < -0.39 is 0 Å². The van der Waals surface area contributed by atoms with Gasteiger partial charge in [-0.15, -0.1) is 0 Å². The fourth-order valence-corrected chi connectivity index (χ4v) is 4.21. The topological polar surface area (TPSA) is 60.2 Å². The Morgan fingerprint density at radius 2 is 2.00 bits per heavy atom. The van der Waals surface area contributed by atoms with Crippen molar-refractivity contribution in [2.75, 3.05) is 20.2 Å². The zero-order valence-electron chi connectivity index (χ0n) is 18.5. The highest BCUT2D eigenvalue weighted by molar-refractivity contribution is 5.79. The number of pyridine rings is 1. The van der Waals surface area contributed by atoms with E-state index in [0.29, 0.717) is 18.9 Å². The summed E-state index contributed by atoms with van der Waals surface area (Å²) in [7, 11) is 1.65. The molecule has 1 aliphatic heterocycles. The van der Waals surface area contributed by atoms with Gasteiger partial charge in [0.25, 0.3) is 0 Å². The monoisotopic (exact) mass is 418 g/mol. The van der Waals surface area contributed by atoms with Crippen molar-refractivity contribution in [2.45, 2.75) is 44.9 Å². The second-order valence-electron chi connectivity index (χ2n) is 8.43. The highest BCUT2D eigenvalue weighted by atomic mass is 16.5. The number of rotatable bonds is 6. The first kappa shape index (κ1) is 21.1. The fraction of sp³-hybridized carbons (Fsp3) is 0.400. The summed E-state index contributed by atoms with van der Waals surface area (Å²) < 4.78 is 7.26. The lowest BCUT2D eigenvalue weighted by Crippen LogP contribution is -2.40. The van der Waals surface area contributed by atoms with Crippen molar-refractivity contribution in [3.63, 3.8) is 0 Å². The molecule has 0 spiro atoms. The Balaban J connectivity index is 1.47. The molecule has 1 atom stereocenters. The molecule has 1 amide bonds. The number of piperidine rings is 1. The fourth-order valence-electron chi connectivity index (χ4n) is 4.21. The summed E-state index contributed by atoms with van der Waals surface area (Å²) in [6.07, 6.45) is 6.24. The van der Waals surface area contributed by atoms with E-state index in [9.17, 15) is 4.79 Å². The van der Waals surface area contributed by atoms with Crippen LogP contribution < -0.4 is 4.74 Å². The van der Waals surface area contributed by atoms with Gasteiger partial charge in [-0.1, -0.05) is 32.0 Å². The van der Waals surface area contributed by atoms with Crippen LogP contribution in [0.15, 0.2) is 54.9 Å². The number of nitrogens with zero attached hydrogens (tertiary/aromatic N) is 4. The summed E-state index contributed by atoms with van der Waals surface area (Å²) in [5.41, 5.74) is 2.05. The number of methoxy groups -OCH3 is 1. The minimum atomic E-state index is 0.169. The zero-order valence-corrected chi connectivity index (χ0v) is 18.5.